The van der Waals surface area contributed by atoms with Crippen molar-refractivity contribution >= 4 is 6.72 Å². The second-order valence-electron chi connectivity index (χ2n) is 3.70. The SMILES string of the molecule is C=C/C(F)=C(/OC/C=C(C)\C(=C/N=C)CNN)C(=C)F. The van der Waals surface area contributed by atoms with E-state index in [2.05, 4.69) is 30.3 Å². The summed E-state index contributed by atoms with van der Waals surface area (Å²) in [4.78, 5) is 3.64. The van der Waals surface area contributed by atoms with Gasteiger partial charge in [-0.05, 0) is 36.9 Å². The molecule has 0 unspecified atom stereocenters. The van der Waals surface area contributed by atoms with Gasteiger partial charge in [0.1, 0.15) is 6.61 Å². The normalized spacial score (nSPS) is 13.6. The fourth-order valence-electron chi connectivity index (χ4n) is 1.26. The van der Waals surface area contributed by atoms with E-state index in [1.165, 1.54) is 6.20 Å². The van der Waals surface area contributed by atoms with Gasteiger partial charge >= 0.3 is 0 Å². The first-order chi connectivity index (χ1) is 9.47. The van der Waals surface area contributed by atoms with Crippen LogP contribution in [0.3, 0.4) is 0 Å². The minimum atomic E-state index is -0.999. The summed E-state index contributed by atoms with van der Waals surface area (Å²) in [5.74, 6) is 2.76. The fourth-order valence-corrected chi connectivity index (χ4v) is 1.26. The van der Waals surface area contributed by atoms with Crippen molar-refractivity contribution in [2.75, 3.05) is 13.2 Å². The lowest BCUT2D eigenvalue weighted by Gasteiger charge is -2.09. The zero-order valence-corrected chi connectivity index (χ0v) is 11.5. The van der Waals surface area contributed by atoms with Gasteiger partial charge in [-0.15, -0.1) is 0 Å². The van der Waals surface area contributed by atoms with E-state index in [4.69, 9.17) is 10.6 Å². The van der Waals surface area contributed by atoms with E-state index < -0.39 is 17.4 Å². The van der Waals surface area contributed by atoms with E-state index in [9.17, 15) is 8.78 Å². The van der Waals surface area contributed by atoms with Gasteiger partial charge in [0.15, 0.2) is 17.4 Å². The smallest absolute Gasteiger partial charge is 0.190 e. The molecule has 0 rings (SSSR count). The second-order valence-corrected chi connectivity index (χ2v) is 3.70. The Labute approximate surface area is 117 Å². The van der Waals surface area contributed by atoms with Crippen LogP contribution < -0.4 is 11.3 Å². The summed E-state index contributed by atoms with van der Waals surface area (Å²) in [6.45, 7) is 11.7. The molecular weight excluding hydrogens is 264 g/mol. The van der Waals surface area contributed by atoms with Crippen molar-refractivity contribution in [3.63, 3.8) is 0 Å². The van der Waals surface area contributed by atoms with Gasteiger partial charge in [0, 0.05) is 12.7 Å². The first-order valence-electron chi connectivity index (χ1n) is 5.73. The maximum Gasteiger partial charge on any atom is 0.190 e. The van der Waals surface area contributed by atoms with E-state index >= 15 is 0 Å². The molecule has 4 nitrogen and oxygen atoms in total. The third kappa shape index (κ3) is 6.21. The van der Waals surface area contributed by atoms with Crippen LogP contribution in [-0.4, -0.2) is 19.9 Å². The number of hydrogen-bond acceptors (Lipinski definition) is 4. The van der Waals surface area contributed by atoms with E-state index in [-0.39, 0.29) is 6.61 Å². The van der Waals surface area contributed by atoms with Crippen molar-refractivity contribution in [2.45, 2.75) is 6.92 Å². The first-order valence-corrected chi connectivity index (χ1v) is 5.73. The maximum absolute atomic E-state index is 13.2. The van der Waals surface area contributed by atoms with Gasteiger partial charge in [-0.1, -0.05) is 13.2 Å². The Morgan fingerprint density at radius 2 is 2.10 bits per heavy atom. The van der Waals surface area contributed by atoms with Crippen molar-refractivity contribution in [1.82, 2.24) is 5.43 Å². The predicted molar refractivity (Wildman–Crippen MR) is 78.1 cm³/mol. The summed E-state index contributed by atoms with van der Waals surface area (Å²) >= 11 is 0. The Hall–Kier alpha value is -2.05. The summed E-state index contributed by atoms with van der Waals surface area (Å²) in [6, 6.07) is 0. The monoisotopic (exact) mass is 283 g/mol. The van der Waals surface area contributed by atoms with Gasteiger partial charge in [0.05, 0.1) is 0 Å². The van der Waals surface area contributed by atoms with Crippen molar-refractivity contribution in [3.05, 3.63) is 60.1 Å². The molecule has 0 amide bonds. The minimum absolute atomic E-state index is 0.0373. The maximum atomic E-state index is 13.2. The van der Waals surface area contributed by atoms with E-state index in [1.54, 1.807) is 13.0 Å². The van der Waals surface area contributed by atoms with Gasteiger partial charge in [-0.2, -0.15) is 0 Å². The highest BCUT2D eigenvalue weighted by molar-refractivity contribution is 5.34. The van der Waals surface area contributed by atoms with Gasteiger partial charge in [-0.25, -0.2) is 8.78 Å². The van der Waals surface area contributed by atoms with Gasteiger partial charge in [0.25, 0.3) is 0 Å². The van der Waals surface area contributed by atoms with Gasteiger partial charge in [0.2, 0.25) is 0 Å². The number of nitrogens with two attached hydrogens (primary N) is 1. The van der Waals surface area contributed by atoms with Crippen LogP contribution in [0.5, 0.6) is 0 Å². The van der Waals surface area contributed by atoms with E-state index in [0.717, 1.165) is 17.2 Å². The standard InChI is InChI=1S/C14H19F2N3O/c1-5-13(16)14(11(3)15)20-7-6-10(2)12(8-18-4)9-19-17/h5-6,8,19H,1,3-4,7,9,17H2,2H3/b10-6-,12-8-,14-13-. The highest BCUT2D eigenvalue weighted by Crippen LogP contribution is 2.18. The van der Waals surface area contributed by atoms with Crippen molar-refractivity contribution in [3.8, 4) is 0 Å². The van der Waals surface area contributed by atoms with Crippen molar-refractivity contribution < 1.29 is 13.5 Å². The molecule has 110 valence electrons. The third-order valence-corrected chi connectivity index (χ3v) is 2.31. The first kappa shape index (κ1) is 17.9. The van der Waals surface area contributed by atoms with Crippen LogP contribution in [-0.2, 0) is 4.74 Å². The van der Waals surface area contributed by atoms with Gasteiger partial charge < -0.3 is 4.74 Å². The summed E-state index contributed by atoms with van der Waals surface area (Å²) < 4.78 is 31.2. The molecule has 0 heterocycles. The zero-order valence-electron chi connectivity index (χ0n) is 11.5. The summed E-state index contributed by atoms with van der Waals surface area (Å²) in [7, 11) is 0. The van der Waals surface area contributed by atoms with Crippen LogP contribution in [0.25, 0.3) is 0 Å². The number of aliphatic imine (C=N–C) groups is 1. The molecule has 20 heavy (non-hydrogen) atoms. The second kappa shape index (κ2) is 9.82. The summed E-state index contributed by atoms with van der Waals surface area (Å²) in [5, 5.41) is 0. The lowest BCUT2D eigenvalue weighted by atomic mass is 10.1. The predicted octanol–water partition coefficient (Wildman–Crippen LogP) is 2.85. The molecule has 0 aromatic heterocycles. The number of nitrogens with zero attached hydrogens (tertiary/aromatic N) is 1. The third-order valence-electron chi connectivity index (χ3n) is 2.31. The quantitative estimate of drug-likeness (QED) is 0.225. The Morgan fingerprint density at radius 3 is 2.55 bits per heavy atom. The molecule has 0 saturated carbocycles. The van der Waals surface area contributed by atoms with Crippen LogP contribution in [0.4, 0.5) is 8.78 Å². The van der Waals surface area contributed by atoms with Crippen LogP contribution >= 0.6 is 0 Å². The topological polar surface area (TPSA) is 59.6 Å². The van der Waals surface area contributed by atoms with Crippen LogP contribution in [0.1, 0.15) is 6.92 Å². The number of hydrazine groups is 1. The average Bonchev–Trinajstić information content (AvgIpc) is 2.41. The molecule has 0 fully saturated rings. The van der Waals surface area contributed by atoms with Crippen molar-refractivity contribution in [1.29, 1.82) is 0 Å². The molecule has 0 saturated heterocycles. The largest absolute Gasteiger partial charge is 0.483 e. The molecule has 0 aliphatic heterocycles. The molecule has 6 heteroatoms. The highest BCUT2D eigenvalue weighted by Gasteiger charge is 2.09. The Bertz CT molecular complexity index is 465. The van der Waals surface area contributed by atoms with Crippen LogP contribution in [0.15, 0.2) is 65.1 Å². The number of nitrogens with one attached hydrogen (secondary N) is 1. The van der Waals surface area contributed by atoms with Gasteiger partial charge in [-0.3, -0.25) is 16.3 Å². The Balaban J connectivity index is 4.86. The molecule has 0 aromatic rings. The Morgan fingerprint density at radius 1 is 1.45 bits per heavy atom. The molecule has 3 N–H and O–H groups in total. The lowest BCUT2D eigenvalue weighted by Crippen LogP contribution is -2.24. The molecule has 0 atom stereocenters. The number of ether oxygens (including phenoxy) is 1. The molecule has 0 aromatic carbocycles. The number of halogens is 2. The molecule has 0 radical (unpaired) electrons. The fraction of sp³-hybridized carbons (Fsp3) is 0.214. The van der Waals surface area contributed by atoms with Crippen LogP contribution in [0, 0.1) is 0 Å². The molecular formula is C14H19F2N3O. The highest BCUT2D eigenvalue weighted by atomic mass is 19.1. The Kier molecular flexibility index (Phi) is 8.82. The summed E-state index contributed by atoms with van der Waals surface area (Å²) in [6.07, 6.45) is 4.01. The molecule has 0 bridgehead atoms. The van der Waals surface area contributed by atoms with E-state index in [1.807, 2.05) is 0 Å². The van der Waals surface area contributed by atoms with E-state index in [0.29, 0.717) is 6.54 Å². The zero-order chi connectivity index (χ0) is 15.5. The number of rotatable bonds is 9. The number of allylic oxidation sites excluding steroid dienone is 3. The van der Waals surface area contributed by atoms with Crippen molar-refractivity contribution in [2.24, 2.45) is 10.8 Å². The molecule has 0 aliphatic rings. The lowest BCUT2D eigenvalue weighted by molar-refractivity contribution is 0.231. The number of hydrogen-bond donors (Lipinski definition) is 2. The molecule has 0 aliphatic carbocycles. The summed E-state index contributed by atoms with van der Waals surface area (Å²) in [5.41, 5.74) is 4.05. The molecule has 0 spiro atoms. The average molecular weight is 283 g/mol. The van der Waals surface area contributed by atoms with Crippen LogP contribution in [0.2, 0.25) is 0 Å². The minimum Gasteiger partial charge on any atom is -0.483 e.